The van der Waals surface area contributed by atoms with Crippen molar-refractivity contribution in [2.75, 3.05) is 19.8 Å². The van der Waals surface area contributed by atoms with Crippen molar-refractivity contribution in [3.8, 4) is 0 Å². The van der Waals surface area contributed by atoms with Crippen molar-refractivity contribution >= 4 is 5.97 Å². The summed E-state index contributed by atoms with van der Waals surface area (Å²) in [4.78, 5) is 12.7. The van der Waals surface area contributed by atoms with Crippen LogP contribution >= 0.6 is 0 Å². The Morgan fingerprint density at radius 2 is 1.29 bits per heavy atom. The first kappa shape index (κ1) is 42.7. The summed E-state index contributed by atoms with van der Waals surface area (Å²) < 4.78 is 36.9. The van der Waals surface area contributed by atoms with Crippen molar-refractivity contribution in [1.82, 2.24) is 0 Å². The van der Waals surface area contributed by atoms with E-state index in [1.165, 1.54) is 0 Å². The van der Waals surface area contributed by atoms with Crippen molar-refractivity contribution in [2.45, 2.75) is 157 Å². The molecule has 8 fully saturated rings. The number of aliphatic hydroxyl groups excluding tert-OH is 10. The Kier molecular flexibility index (Phi) is 12.4. The first-order chi connectivity index (χ1) is 26.5. The van der Waals surface area contributed by atoms with Gasteiger partial charge < -0.3 is 84.6 Å². The topological polar surface area (TPSA) is 295 Å². The van der Waals surface area contributed by atoms with Crippen molar-refractivity contribution in [3.63, 3.8) is 0 Å². The van der Waals surface area contributed by atoms with Gasteiger partial charge in [-0.2, -0.15) is 0 Å². The van der Waals surface area contributed by atoms with Gasteiger partial charge in [0.1, 0.15) is 73.2 Å². The van der Waals surface area contributed by atoms with E-state index < -0.39 is 129 Å². The summed E-state index contributed by atoms with van der Waals surface area (Å²) in [7, 11) is 0. The van der Waals surface area contributed by atoms with Crippen LogP contribution in [0.1, 0.15) is 58.8 Å². The molecule has 320 valence electrons. The number of hydrogen-bond acceptors (Lipinski definition) is 17. The highest BCUT2D eigenvalue weighted by molar-refractivity contribution is 5.74. The minimum Gasteiger partial charge on any atom is -0.481 e. The van der Waals surface area contributed by atoms with Crippen molar-refractivity contribution in [2.24, 2.45) is 40.9 Å². The molecule has 5 saturated carbocycles. The third-order valence-corrected chi connectivity index (χ3v) is 14.7. The molecule has 8 aliphatic rings. The van der Waals surface area contributed by atoms with E-state index in [0.717, 1.165) is 18.4 Å². The van der Waals surface area contributed by atoms with Crippen LogP contribution in [0.3, 0.4) is 0 Å². The molecule has 23 atom stereocenters. The van der Waals surface area contributed by atoms with Gasteiger partial charge in [-0.3, -0.25) is 4.79 Å². The Hall–Kier alpha value is -1.43. The van der Waals surface area contributed by atoms with Gasteiger partial charge in [-0.25, -0.2) is 0 Å². The summed E-state index contributed by atoms with van der Waals surface area (Å²) in [5, 5.41) is 116. The van der Waals surface area contributed by atoms with Crippen LogP contribution in [-0.4, -0.2) is 180 Å². The molecule has 5 unspecified atom stereocenters. The number of carbonyl (C=O) groups is 1. The van der Waals surface area contributed by atoms with Crippen LogP contribution in [0.4, 0.5) is 0 Å². The predicted octanol–water partition coefficient (Wildman–Crippen LogP) is -2.66. The Balaban J connectivity index is 1.25. The molecule has 18 nitrogen and oxygen atoms in total. The maximum absolute atomic E-state index is 12.7. The Bertz CT molecular complexity index is 1420. The van der Waals surface area contributed by atoms with E-state index in [0.29, 0.717) is 32.1 Å². The van der Waals surface area contributed by atoms with Gasteiger partial charge in [-0.15, -0.1) is 0 Å². The molecule has 0 spiro atoms. The number of hydrogen-bond donors (Lipinski definition) is 11. The zero-order valence-corrected chi connectivity index (χ0v) is 31.7. The van der Waals surface area contributed by atoms with Crippen molar-refractivity contribution < 1.29 is 89.4 Å². The van der Waals surface area contributed by atoms with E-state index in [2.05, 4.69) is 13.5 Å². The number of carboxylic acids is 1. The van der Waals surface area contributed by atoms with Crippen LogP contribution < -0.4 is 0 Å². The second-order valence-corrected chi connectivity index (χ2v) is 17.7. The largest absolute Gasteiger partial charge is 0.481 e. The molecule has 8 rings (SSSR count). The molecule has 11 N–H and O–H groups in total. The normalized spacial score (nSPS) is 54.6. The lowest BCUT2D eigenvalue weighted by atomic mass is 9.48. The molecule has 0 radical (unpaired) electrons. The smallest absolute Gasteiger partial charge is 0.309 e. The molecule has 56 heavy (non-hydrogen) atoms. The Labute approximate surface area is 324 Å². The zero-order chi connectivity index (χ0) is 40.6. The van der Waals surface area contributed by atoms with Crippen LogP contribution in [0, 0.1) is 40.9 Å². The standard InChI is InChI=1S/C38H60O18/c1-14-9-38(10-16-8-19-17(23(14)18(16)7-15(38)2)5-4-6-37(19,3)36(49)50)56-35-32(55-34-30(48)28(46)25(43)21(12-40)52-34)31(26(44)22(13-41)53-35)54-33-29(47)27(45)24(42)20(11-39)51-33/h14,16-35,39-48H,2,4-13H2,1,3H3,(H,49,50)/t14-,16?,17?,18?,19?,20+,21+,22+,23?,24+,25+,26+,27-,28-,29+,30+,31-,32+,33-,34-,35-,37+,38-/m0/s1. The fourth-order valence-corrected chi connectivity index (χ4v) is 11.7. The summed E-state index contributed by atoms with van der Waals surface area (Å²) >= 11 is 0. The van der Waals surface area contributed by atoms with E-state index >= 15 is 0 Å². The van der Waals surface area contributed by atoms with E-state index in [4.69, 9.17) is 28.4 Å². The first-order valence-electron chi connectivity index (χ1n) is 20.0. The number of aliphatic hydroxyl groups is 10. The van der Waals surface area contributed by atoms with Crippen LogP contribution in [0.25, 0.3) is 0 Å². The van der Waals surface area contributed by atoms with E-state index in [-0.39, 0.29) is 35.5 Å². The molecule has 4 bridgehead atoms. The maximum Gasteiger partial charge on any atom is 0.309 e. The summed E-state index contributed by atoms with van der Waals surface area (Å²) in [6.45, 7) is 6.17. The number of carboxylic acid groups (broad SMARTS) is 1. The molecule has 3 saturated heterocycles. The highest BCUT2D eigenvalue weighted by atomic mass is 16.8. The highest BCUT2D eigenvalue weighted by Crippen LogP contribution is 2.66. The molecule has 0 aromatic rings. The minimum absolute atomic E-state index is 0.0388. The van der Waals surface area contributed by atoms with Crippen LogP contribution in [-0.2, 0) is 33.2 Å². The lowest BCUT2D eigenvalue weighted by Crippen LogP contribution is -2.68. The fourth-order valence-electron chi connectivity index (χ4n) is 11.7. The fraction of sp³-hybridized carbons (Fsp3) is 0.921. The average Bonchev–Trinajstić information content (AvgIpc) is 3.32. The van der Waals surface area contributed by atoms with Gasteiger partial charge in [0.2, 0.25) is 0 Å². The van der Waals surface area contributed by atoms with E-state index in [9.17, 15) is 61.0 Å². The quantitative estimate of drug-likeness (QED) is 0.0794. The number of ether oxygens (including phenoxy) is 6. The lowest BCUT2D eigenvalue weighted by Gasteiger charge is -2.57. The molecule has 5 aliphatic carbocycles. The predicted molar refractivity (Wildman–Crippen MR) is 187 cm³/mol. The van der Waals surface area contributed by atoms with Crippen molar-refractivity contribution in [3.05, 3.63) is 12.2 Å². The molecular formula is C38H60O18. The van der Waals surface area contributed by atoms with Gasteiger partial charge in [0.05, 0.1) is 30.8 Å². The molecular weight excluding hydrogens is 744 g/mol. The molecule has 0 aromatic heterocycles. The Morgan fingerprint density at radius 3 is 1.84 bits per heavy atom. The molecule has 0 aromatic carbocycles. The molecule has 0 amide bonds. The summed E-state index contributed by atoms with van der Waals surface area (Å²) in [6.07, 6.45) is -20.9. The van der Waals surface area contributed by atoms with Gasteiger partial charge in [0, 0.05) is 0 Å². The van der Waals surface area contributed by atoms with Gasteiger partial charge in [0.25, 0.3) is 0 Å². The van der Waals surface area contributed by atoms with Crippen LogP contribution in [0.2, 0.25) is 0 Å². The highest BCUT2D eigenvalue weighted by Gasteiger charge is 2.64. The molecule has 3 heterocycles. The number of rotatable bonds is 10. The third-order valence-electron chi connectivity index (χ3n) is 14.7. The molecule has 18 heteroatoms. The summed E-state index contributed by atoms with van der Waals surface area (Å²) in [5.74, 6) is -0.0857. The minimum atomic E-state index is -1.92. The second kappa shape index (κ2) is 16.2. The SMILES string of the molecule is C=C1CC2C3CC4C(CCC[C@@]4(C)C(=O)O)C2[C@@H](C)C[C@]1(O[C@@H]1O[C@H](CO)[C@@H](O)[C@H](O[C@@H]2O[C@H](CO)[C@@H](O)[C@H](O)[C@H]2O)[C@H]1O[C@@H]1O[C@H](CO)[C@@H](O)[C@H](O)[C@H]1O)C3. The van der Waals surface area contributed by atoms with Gasteiger partial charge in [-0.05, 0) is 86.5 Å². The summed E-state index contributed by atoms with van der Waals surface area (Å²) in [6, 6.07) is 0. The van der Waals surface area contributed by atoms with E-state index in [1.54, 1.807) is 0 Å². The van der Waals surface area contributed by atoms with Gasteiger partial charge in [0.15, 0.2) is 18.9 Å². The third kappa shape index (κ3) is 7.08. The van der Waals surface area contributed by atoms with Gasteiger partial charge >= 0.3 is 5.97 Å². The van der Waals surface area contributed by atoms with Crippen LogP contribution in [0.15, 0.2) is 12.2 Å². The second-order valence-electron chi connectivity index (χ2n) is 17.7. The average molecular weight is 805 g/mol. The Morgan fingerprint density at radius 1 is 0.750 bits per heavy atom. The van der Waals surface area contributed by atoms with Crippen LogP contribution in [0.5, 0.6) is 0 Å². The monoisotopic (exact) mass is 804 g/mol. The summed E-state index contributed by atoms with van der Waals surface area (Å²) in [5.41, 5.74) is -1.19. The van der Waals surface area contributed by atoms with Crippen molar-refractivity contribution in [1.29, 1.82) is 0 Å². The zero-order valence-electron chi connectivity index (χ0n) is 31.7. The maximum atomic E-state index is 12.7. The van der Waals surface area contributed by atoms with E-state index in [1.807, 2.05) is 6.92 Å². The van der Waals surface area contributed by atoms with Gasteiger partial charge in [-0.1, -0.05) is 19.9 Å². The number of fused-ring (bicyclic) bond motifs is 3. The molecule has 3 aliphatic heterocycles. The lowest BCUT2D eigenvalue weighted by molar-refractivity contribution is -0.400. The number of aliphatic carboxylic acids is 1. The first-order valence-corrected chi connectivity index (χ1v) is 20.0.